The van der Waals surface area contributed by atoms with Crippen molar-refractivity contribution in [3.05, 3.63) is 64.8 Å². The van der Waals surface area contributed by atoms with E-state index in [0.29, 0.717) is 40.8 Å². The summed E-state index contributed by atoms with van der Waals surface area (Å²) in [4.78, 5) is 32.6. The molecule has 202 valence electrons. The molecule has 3 aromatic rings. The lowest BCUT2D eigenvalue weighted by atomic mass is 9.86. The number of sulfone groups is 1. The number of esters is 1. The monoisotopic (exact) mass is 548 g/mol. The van der Waals surface area contributed by atoms with Gasteiger partial charge in [-0.05, 0) is 66.7 Å². The van der Waals surface area contributed by atoms with Crippen LogP contribution in [-0.4, -0.2) is 68.2 Å². The van der Waals surface area contributed by atoms with Crippen LogP contribution in [0.5, 0.6) is 11.5 Å². The Labute approximate surface area is 226 Å². The molecule has 0 spiro atoms. The second kappa shape index (κ2) is 10.00. The summed E-state index contributed by atoms with van der Waals surface area (Å²) >= 11 is 0. The third-order valence-corrected chi connectivity index (χ3v) is 9.34. The Morgan fingerprint density at radius 1 is 1.13 bits per heavy atom. The normalized spacial score (nSPS) is 20.1. The molecule has 0 unspecified atom stereocenters. The Bertz CT molecular complexity index is 1630. The average molecular weight is 549 g/mol. The molecule has 39 heavy (non-hydrogen) atoms. The molecule has 0 N–H and O–H groups in total. The van der Waals surface area contributed by atoms with Crippen LogP contribution in [0.4, 0.5) is 0 Å². The molecule has 0 radical (unpaired) electrons. The summed E-state index contributed by atoms with van der Waals surface area (Å²) in [6.45, 7) is -0.257. The van der Waals surface area contributed by atoms with Crippen molar-refractivity contribution < 1.29 is 32.2 Å². The number of para-hydroxylation sites is 1. The van der Waals surface area contributed by atoms with E-state index in [1.807, 2.05) is 42.5 Å². The highest BCUT2D eigenvalue weighted by molar-refractivity contribution is 7.91. The first kappa shape index (κ1) is 25.4. The van der Waals surface area contributed by atoms with Crippen LogP contribution in [0.3, 0.4) is 0 Å². The Kier molecular flexibility index (Phi) is 6.50. The average Bonchev–Trinajstić information content (AvgIpc) is 3.55. The molecule has 2 aromatic carbocycles. The number of likely N-dealkylation sites (N-methyl/N-ethyl adjacent to an activating group) is 1. The van der Waals surface area contributed by atoms with Crippen molar-refractivity contribution in [3.8, 4) is 11.5 Å². The molecule has 10 heteroatoms. The Hall–Kier alpha value is -3.92. The first-order chi connectivity index (χ1) is 18.8. The van der Waals surface area contributed by atoms with Crippen LogP contribution in [0.15, 0.2) is 42.5 Å². The van der Waals surface area contributed by atoms with E-state index in [0.717, 1.165) is 35.2 Å². The Morgan fingerprint density at radius 2 is 1.95 bits per heavy atom. The van der Waals surface area contributed by atoms with Gasteiger partial charge in [0.05, 0.1) is 28.3 Å². The Balaban J connectivity index is 1.30. The molecule has 0 bridgehead atoms. The molecule has 1 amide bonds. The largest absolute Gasteiger partial charge is 0.454 e. The van der Waals surface area contributed by atoms with Crippen molar-refractivity contribution in [3.63, 3.8) is 0 Å². The van der Waals surface area contributed by atoms with Crippen LogP contribution < -0.4 is 9.47 Å². The first-order valence-electron chi connectivity index (χ1n) is 12.9. The van der Waals surface area contributed by atoms with E-state index in [2.05, 4.69) is 6.08 Å². The topological polar surface area (TPSA) is 112 Å². The van der Waals surface area contributed by atoms with Gasteiger partial charge in [-0.1, -0.05) is 24.3 Å². The number of allylic oxidation sites excluding steroid dienone is 1. The fraction of sp³-hybridized carbons (Fsp3) is 0.345. The number of fused-ring (bicyclic) bond motifs is 3. The van der Waals surface area contributed by atoms with Crippen molar-refractivity contribution in [2.45, 2.75) is 31.7 Å². The molecule has 1 atom stereocenters. The molecule has 1 aromatic heterocycles. The van der Waals surface area contributed by atoms with E-state index < -0.39 is 34.4 Å². The van der Waals surface area contributed by atoms with Crippen LogP contribution in [0.2, 0.25) is 0 Å². The molecule has 0 saturated carbocycles. The van der Waals surface area contributed by atoms with Gasteiger partial charge >= 0.3 is 5.97 Å². The minimum Gasteiger partial charge on any atom is -0.454 e. The first-order valence-corrected chi connectivity index (χ1v) is 14.8. The molecule has 1 aliphatic carbocycles. The molecule has 1 fully saturated rings. The highest BCUT2D eigenvalue weighted by atomic mass is 32.2. The van der Waals surface area contributed by atoms with Gasteiger partial charge in [-0.2, -0.15) is 0 Å². The summed E-state index contributed by atoms with van der Waals surface area (Å²) in [5.41, 5.74) is 4.60. The van der Waals surface area contributed by atoms with Crippen molar-refractivity contribution >= 4 is 44.3 Å². The zero-order valence-corrected chi connectivity index (χ0v) is 22.3. The number of aromatic nitrogens is 1. The summed E-state index contributed by atoms with van der Waals surface area (Å²) in [6, 6.07) is 12.8. The maximum absolute atomic E-state index is 13.5. The van der Waals surface area contributed by atoms with Gasteiger partial charge in [-0.25, -0.2) is 18.2 Å². The summed E-state index contributed by atoms with van der Waals surface area (Å²) < 4.78 is 40.1. The van der Waals surface area contributed by atoms with E-state index >= 15 is 0 Å². The summed E-state index contributed by atoms with van der Waals surface area (Å²) in [6.07, 6.45) is 4.74. The van der Waals surface area contributed by atoms with Gasteiger partial charge in [0.15, 0.2) is 27.9 Å². The van der Waals surface area contributed by atoms with Gasteiger partial charge in [0.2, 0.25) is 6.79 Å². The molecule has 6 rings (SSSR count). The summed E-state index contributed by atoms with van der Waals surface area (Å²) in [7, 11) is -1.59. The van der Waals surface area contributed by atoms with Gasteiger partial charge in [0, 0.05) is 18.5 Å². The van der Waals surface area contributed by atoms with Crippen LogP contribution >= 0.6 is 0 Å². The predicted molar refractivity (Wildman–Crippen MR) is 145 cm³/mol. The second-order valence-electron chi connectivity index (χ2n) is 10.1. The number of nitrogens with zero attached hydrogens (tertiary/aromatic N) is 2. The third kappa shape index (κ3) is 4.96. The van der Waals surface area contributed by atoms with Crippen LogP contribution in [0.1, 0.15) is 46.4 Å². The predicted octanol–water partition coefficient (Wildman–Crippen LogP) is 3.64. The van der Waals surface area contributed by atoms with E-state index in [1.165, 1.54) is 4.90 Å². The maximum atomic E-state index is 13.5. The number of hydrogen-bond acceptors (Lipinski definition) is 8. The van der Waals surface area contributed by atoms with Gasteiger partial charge in [0.1, 0.15) is 0 Å². The molecule has 3 heterocycles. The number of pyridine rings is 1. The molecular formula is C29H28N2O7S. The van der Waals surface area contributed by atoms with Crippen LogP contribution in [-0.2, 0) is 25.8 Å². The van der Waals surface area contributed by atoms with Crippen LogP contribution in [0.25, 0.3) is 22.6 Å². The zero-order chi connectivity index (χ0) is 27.1. The van der Waals surface area contributed by atoms with Gasteiger partial charge in [0.25, 0.3) is 5.91 Å². The van der Waals surface area contributed by atoms with Crippen molar-refractivity contribution in [1.29, 1.82) is 0 Å². The fourth-order valence-electron chi connectivity index (χ4n) is 5.50. The minimum absolute atomic E-state index is 0.0618. The SMILES string of the molecule is CN(C(=O)COC(=O)c1c2c(nc3ccccc13)/C(=C/c1ccc3c(c1)OCO3)CCC2)[C@H]1CCS(=O)(=O)C1. The highest BCUT2D eigenvalue weighted by Crippen LogP contribution is 2.38. The smallest absolute Gasteiger partial charge is 0.339 e. The van der Waals surface area contributed by atoms with Crippen molar-refractivity contribution in [2.24, 2.45) is 0 Å². The maximum Gasteiger partial charge on any atom is 0.339 e. The number of ether oxygens (including phenoxy) is 3. The number of rotatable bonds is 5. The lowest BCUT2D eigenvalue weighted by molar-refractivity contribution is -0.134. The number of hydrogen-bond donors (Lipinski definition) is 0. The van der Waals surface area contributed by atoms with E-state index in [9.17, 15) is 18.0 Å². The molecule has 9 nitrogen and oxygen atoms in total. The van der Waals surface area contributed by atoms with Crippen molar-refractivity contribution in [1.82, 2.24) is 9.88 Å². The Morgan fingerprint density at radius 3 is 2.77 bits per heavy atom. The van der Waals surface area contributed by atoms with E-state index in [-0.39, 0.29) is 18.3 Å². The lowest BCUT2D eigenvalue weighted by Crippen LogP contribution is -2.40. The molecular weight excluding hydrogens is 520 g/mol. The second-order valence-corrected chi connectivity index (χ2v) is 12.3. The highest BCUT2D eigenvalue weighted by Gasteiger charge is 2.33. The van der Waals surface area contributed by atoms with Gasteiger partial charge in [-0.15, -0.1) is 0 Å². The number of amides is 1. The number of carbonyl (C=O) groups excluding carboxylic acids is 2. The van der Waals surface area contributed by atoms with Crippen molar-refractivity contribution in [2.75, 3.05) is 32.0 Å². The minimum atomic E-state index is -3.14. The number of benzene rings is 2. The third-order valence-electron chi connectivity index (χ3n) is 7.59. The lowest BCUT2D eigenvalue weighted by Gasteiger charge is -2.24. The standard InChI is InChI=1S/C29H28N2O7S/c1-31(20-11-12-39(34,35)16-20)26(32)15-36-29(33)27-21-6-2-3-8-23(21)30-28-19(5-4-7-22(27)28)13-18-9-10-24-25(14-18)38-17-37-24/h2-3,6,8-10,13-14,20H,4-5,7,11-12,15-17H2,1H3/b19-13+/t20-/m0/s1. The molecule has 2 aliphatic heterocycles. The van der Waals surface area contributed by atoms with E-state index in [1.54, 1.807) is 7.05 Å². The number of carbonyl (C=O) groups is 2. The van der Waals surface area contributed by atoms with Gasteiger partial charge < -0.3 is 19.1 Å². The zero-order valence-electron chi connectivity index (χ0n) is 21.5. The fourth-order valence-corrected chi connectivity index (χ4v) is 7.27. The summed E-state index contributed by atoms with van der Waals surface area (Å²) in [5.74, 6) is 0.387. The molecule has 1 saturated heterocycles. The summed E-state index contributed by atoms with van der Waals surface area (Å²) in [5, 5.41) is 0.674. The van der Waals surface area contributed by atoms with E-state index in [4.69, 9.17) is 19.2 Å². The molecule has 3 aliphatic rings. The quantitative estimate of drug-likeness (QED) is 0.445. The van der Waals surface area contributed by atoms with Crippen LogP contribution in [0, 0.1) is 0 Å². The van der Waals surface area contributed by atoms with Gasteiger partial charge in [-0.3, -0.25) is 4.79 Å².